The standard InChI is InChI=1S/C28H29N4O6P/c1-16(29-15-33)27(34)30-20-8-17(7-18(9-20)14-38-39)13-37-25-12-22-21(11-24(25)36-2)28(35)32-23-6-4-3-5-19(23)10-26(32)31-22/h3-9,11-12,15-16,26,31H,10,13-14,39H2,1-2H3,(H,29,33)(H,30,34). The van der Waals surface area contributed by atoms with E-state index < -0.39 is 6.04 Å². The molecule has 0 saturated carbocycles. The van der Waals surface area contributed by atoms with Crippen LogP contribution in [-0.2, 0) is 33.7 Å². The van der Waals surface area contributed by atoms with Gasteiger partial charge in [0.05, 0.1) is 25.0 Å². The fourth-order valence-corrected chi connectivity index (χ4v) is 5.07. The number of para-hydroxylation sites is 1. The van der Waals surface area contributed by atoms with Gasteiger partial charge in [0.25, 0.3) is 5.91 Å². The molecule has 3 amide bonds. The summed E-state index contributed by atoms with van der Waals surface area (Å²) in [6, 6.07) is 16.2. The Morgan fingerprint density at radius 2 is 1.92 bits per heavy atom. The number of nitrogens with one attached hydrogen (secondary N) is 3. The Bertz CT molecular complexity index is 1430. The van der Waals surface area contributed by atoms with E-state index in [1.54, 1.807) is 36.1 Å². The van der Waals surface area contributed by atoms with E-state index in [4.69, 9.17) is 14.0 Å². The lowest BCUT2D eigenvalue weighted by molar-refractivity contribution is -0.120. The van der Waals surface area contributed by atoms with Crippen molar-refractivity contribution in [2.24, 2.45) is 0 Å². The third-order valence-corrected chi connectivity index (χ3v) is 6.89. The average molecular weight is 549 g/mol. The van der Waals surface area contributed by atoms with Gasteiger partial charge in [-0.3, -0.25) is 19.3 Å². The van der Waals surface area contributed by atoms with E-state index >= 15 is 0 Å². The minimum absolute atomic E-state index is 0.0904. The molecule has 0 fully saturated rings. The van der Waals surface area contributed by atoms with Crippen molar-refractivity contribution in [3.05, 3.63) is 76.9 Å². The minimum atomic E-state index is -0.692. The monoisotopic (exact) mass is 548 g/mol. The lowest BCUT2D eigenvalue weighted by Crippen LogP contribution is -2.46. The van der Waals surface area contributed by atoms with Gasteiger partial charge in [0.2, 0.25) is 12.3 Å². The number of nitrogens with zero attached hydrogens (tertiary/aromatic N) is 1. The normalized spacial score (nSPS) is 15.8. The molecular formula is C28H29N4O6P. The van der Waals surface area contributed by atoms with Gasteiger partial charge >= 0.3 is 0 Å². The van der Waals surface area contributed by atoms with Crippen molar-refractivity contribution >= 4 is 44.8 Å². The molecule has 11 heteroatoms. The van der Waals surface area contributed by atoms with Crippen LogP contribution < -0.4 is 30.3 Å². The summed E-state index contributed by atoms with van der Waals surface area (Å²) in [6.07, 6.45) is 1.03. The second kappa shape index (κ2) is 11.3. The van der Waals surface area contributed by atoms with Crippen molar-refractivity contribution in [1.82, 2.24) is 5.32 Å². The fourth-order valence-electron chi connectivity index (χ4n) is 4.88. The first-order chi connectivity index (χ1) is 18.9. The zero-order valence-corrected chi connectivity index (χ0v) is 22.7. The van der Waals surface area contributed by atoms with Crippen molar-refractivity contribution in [2.75, 3.05) is 22.6 Å². The zero-order valence-electron chi connectivity index (χ0n) is 21.5. The van der Waals surface area contributed by atoms with Gasteiger partial charge in [0, 0.05) is 33.3 Å². The van der Waals surface area contributed by atoms with Gasteiger partial charge in [-0.2, -0.15) is 0 Å². The Hall–Kier alpha value is -4.14. The summed E-state index contributed by atoms with van der Waals surface area (Å²) in [4.78, 5) is 38.3. The number of carbonyl (C=O) groups is 3. The summed E-state index contributed by atoms with van der Waals surface area (Å²) in [5.41, 5.74) is 5.37. The molecule has 3 unspecified atom stereocenters. The van der Waals surface area contributed by atoms with Crippen LogP contribution in [0.15, 0.2) is 54.6 Å². The van der Waals surface area contributed by atoms with Crippen molar-refractivity contribution < 1.29 is 28.4 Å². The van der Waals surface area contributed by atoms with Crippen LogP contribution in [0.1, 0.15) is 34.0 Å². The second-order valence-corrected chi connectivity index (χ2v) is 9.68. The summed E-state index contributed by atoms with van der Waals surface area (Å²) in [6.45, 7) is 2.06. The van der Waals surface area contributed by atoms with Crippen LogP contribution in [-0.4, -0.2) is 37.5 Å². The molecule has 0 bridgehead atoms. The number of hydrogen-bond donors (Lipinski definition) is 3. The molecule has 3 aromatic rings. The molecule has 2 heterocycles. The molecule has 0 spiro atoms. The van der Waals surface area contributed by atoms with E-state index in [0.717, 1.165) is 22.4 Å². The Labute approximate surface area is 228 Å². The zero-order chi connectivity index (χ0) is 27.5. The van der Waals surface area contributed by atoms with Crippen LogP contribution in [0, 0.1) is 0 Å². The first-order valence-electron chi connectivity index (χ1n) is 12.4. The molecule has 10 nitrogen and oxygen atoms in total. The molecule has 202 valence electrons. The molecule has 3 atom stereocenters. The third-order valence-electron chi connectivity index (χ3n) is 6.73. The van der Waals surface area contributed by atoms with Gasteiger partial charge in [-0.25, -0.2) is 0 Å². The SMILES string of the molecule is COc1cc2c(cc1OCc1cc(COP)cc(NC(=O)C(C)NC=O)c1)NC1Cc3ccccc3N1C2=O. The topological polar surface area (TPSA) is 118 Å². The first-order valence-corrected chi connectivity index (χ1v) is 12.9. The highest BCUT2D eigenvalue weighted by atomic mass is 31.0. The van der Waals surface area contributed by atoms with Crippen LogP contribution in [0.25, 0.3) is 0 Å². The van der Waals surface area contributed by atoms with E-state index in [1.165, 1.54) is 7.11 Å². The van der Waals surface area contributed by atoms with Gasteiger partial charge in [0.15, 0.2) is 11.5 Å². The van der Waals surface area contributed by atoms with Crippen molar-refractivity contribution in [1.29, 1.82) is 0 Å². The van der Waals surface area contributed by atoms with Crippen LogP contribution in [0.4, 0.5) is 17.1 Å². The van der Waals surface area contributed by atoms with E-state index in [-0.39, 0.29) is 24.6 Å². The van der Waals surface area contributed by atoms with Crippen molar-refractivity contribution in [3.63, 3.8) is 0 Å². The fraction of sp³-hybridized carbons (Fsp3) is 0.250. The lowest BCUT2D eigenvalue weighted by Gasteiger charge is -2.33. The van der Waals surface area contributed by atoms with Gasteiger partial charge in [0.1, 0.15) is 18.8 Å². The summed E-state index contributed by atoms with van der Waals surface area (Å²) >= 11 is 0. The number of amides is 3. The van der Waals surface area contributed by atoms with Gasteiger partial charge < -0.3 is 29.9 Å². The van der Waals surface area contributed by atoms with Gasteiger partial charge in [-0.05, 0) is 53.9 Å². The summed E-state index contributed by atoms with van der Waals surface area (Å²) in [5.74, 6) is 0.463. The van der Waals surface area contributed by atoms with E-state index in [1.807, 2.05) is 30.3 Å². The number of carbonyl (C=O) groups excluding carboxylic acids is 3. The number of anilines is 3. The molecular weight excluding hydrogens is 519 g/mol. The Morgan fingerprint density at radius 1 is 1.15 bits per heavy atom. The Balaban J connectivity index is 1.37. The predicted molar refractivity (Wildman–Crippen MR) is 150 cm³/mol. The van der Waals surface area contributed by atoms with Gasteiger partial charge in [-0.15, -0.1) is 0 Å². The maximum Gasteiger partial charge on any atom is 0.262 e. The van der Waals surface area contributed by atoms with Gasteiger partial charge in [-0.1, -0.05) is 18.2 Å². The quantitative estimate of drug-likeness (QED) is 0.262. The number of benzene rings is 3. The summed E-state index contributed by atoms with van der Waals surface area (Å²) in [7, 11) is 3.73. The van der Waals surface area contributed by atoms with Crippen molar-refractivity contribution in [3.8, 4) is 11.5 Å². The number of fused-ring (bicyclic) bond motifs is 4. The van der Waals surface area contributed by atoms with E-state index in [2.05, 4.69) is 25.4 Å². The molecule has 0 aromatic heterocycles. The first kappa shape index (κ1) is 26.5. The van der Waals surface area contributed by atoms with Crippen LogP contribution >= 0.6 is 9.47 Å². The van der Waals surface area contributed by atoms with Crippen LogP contribution in [0.5, 0.6) is 11.5 Å². The molecule has 0 aliphatic carbocycles. The molecule has 2 aliphatic rings. The molecule has 3 aromatic carbocycles. The highest BCUT2D eigenvalue weighted by Gasteiger charge is 2.39. The molecule has 2 aliphatic heterocycles. The number of methoxy groups -OCH3 is 1. The van der Waals surface area contributed by atoms with Crippen LogP contribution in [0.3, 0.4) is 0 Å². The summed E-state index contributed by atoms with van der Waals surface area (Å²) < 4.78 is 16.9. The Kier molecular flexibility index (Phi) is 7.67. The van der Waals surface area contributed by atoms with Crippen LogP contribution in [0.2, 0.25) is 0 Å². The van der Waals surface area contributed by atoms with Crippen molar-refractivity contribution in [2.45, 2.75) is 38.8 Å². The minimum Gasteiger partial charge on any atom is -0.493 e. The number of ether oxygens (including phenoxy) is 2. The molecule has 5 rings (SSSR count). The third kappa shape index (κ3) is 5.39. The second-order valence-electron chi connectivity index (χ2n) is 9.35. The van der Waals surface area contributed by atoms with E-state index in [0.29, 0.717) is 47.9 Å². The maximum atomic E-state index is 13.5. The molecule has 3 N–H and O–H groups in total. The number of hydrogen-bond acceptors (Lipinski definition) is 7. The average Bonchev–Trinajstić information content (AvgIpc) is 3.30. The highest BCUT2D eigenvalue weighted by Crippen LogP contribution is 2.42. The number of rotatable bonds is 10. The molecule has 0 saturated heterocycles. The predicted octanol–water partition coefficient (Wildman–Crippen LogP) is 3.61. The maximum absolute atomic E-state index is 13.5. The lowest BCUT2D eigenvalue weighted by atomic mass is 10.1. The largest absolute Gasteiger partial charge is 0.493 e. The smallest absolute Gasteiger partial charge is 0.262 e. The Morgan fingerprint density at radius 3 is 2.67 bits per heavy atom. The van der Waals surface area contributed by atoms with E-state index in [9.17, 15) is 14.4 Å². The molecule has 39 heavy (non-hydrogen) atoms. The summed E-state index contributed by atoms with van der Waals surface area (Å²) in [5, 5.41) is 8.72. The molecule has 0 radical (unpaired) electrons. The highest BCUT2D eigenvalue weighted by molar-refractivity contribution is 7.09.